The summed E-state index contributed by atoms with van der Waals surface area (Å²) in [6.07, 6.45) is 0. The van der Waals surface area contributed by atoms with Gasteiger partial charge in [0, 0.05) is 11.4 Å². The van der Waals surface area contributed by atoms with Crippen LogP contribution in [-0.4, -0.2) is 59.4 Å². The normalized spacial score (nSPS) is 11.5. The highest BCUT2D eigenvalue weighted by atomic mass is 32.2. The summed E-state index contributed by atoms with van der Waals surface area (Å²) in [4.78, 5) is 40.3. The molecule has 0 aliphatic carbocycles. The first kappa shape index (κ1) is 27.7. The van der Waals surface area contributed by atoms with E-state index in [0.717, 1.165) is 24.3 Å². The van der Waals surface area contributed by atoms with Gasteiger partial charge in [-0.25, -0.2) is 4.79 Å². The van der Waals surface area contributed by atoms with Crippen LogP contribution in [-0.2, 0) is 10.0 Å². The molecule has 1 aromatic carbocycles. The molecule has 1 amide bonds. The maximum absolute atomic E-state index is 12.3. The minimum atomic E-state index is -5.59. The van der Waals surface area contributed by atoms with Crippen molar-refractivity contribution in [3.8, 4) is 5.88 Å². The van der Waals surface area contributed by atoms with E-state index >= 15 is 0 Å². The van der Waals surface area contributed by atoms with Gasteiger partial charge in [-0.3, -0.25) is 24.3 Å². The van der Waals surface area contributed by atoms with Crippen molar-refractivity contribution in [2.75, 3.05) is 29.7 Å². The number of sulfonamides is 1. The molecule has 0 fully saturated rings. The van der Waals surface area contributed by atoms with E-state index in [2.05, 4.69) is 31.0 Å². The van der Waals surface area contributed by atoms with E-state index in [-0.39, 0.29) is 5.69 Å². The van der Waals surface area contributed by atoms with E-state index in [9.17, 15) is 41.1 Å². The van der Waals surface area contributed by atoms with Crippen LogP contribution in [0, 0.1) is 0 Å². The topological polar surface area (TPSA) is 164 Å². The number of carbonyl (C=O) groups excluding carboxylic acids is 1. The lowest BCUT2D eigenvalue weighted by atomic mass is 10.2. The number of alkyl halides is 3. The molecule has 11 nitrogen and oxygen atoms in total. The maximum atomic E-state index is 12.3. The van der Waals surface area contributed by atoms with Gasteiger partial charge in [-0.15, -0.1) is 0 Å². The average Bonchev–Trinajstić information content (AvgIpc) is 2.69. The van der Waals surface area contributed by atoms with Crippen LogP contribution in [0.5, 0.6) is 5.88 Å². The van der Waals surface area contributed by atoms with E-state index in [1.165, 1.54) is 24.4 Å². The van der Waals surface area contributed by atoms with Crippen molar-refractivity contribution < 1.29 is 31.5 Å². The van der Waals surface area contributed by atoms with Crippen LogP contribution in [0.4, 0.5) is 24.5 Å². The molecule has 1 heterocycles. The number of amides is 1. The van der Waals surface area contributed by atoms with E-state index in [4.69, 9.17) is 0 Å². The zero-order valence-corrected chi connectivity index (χ0v) is 18.7. The highest BCUT2D eigenvalue weighted by Crippen LogP contribution is 2.26. The molecule has 0 atom stereocenters. The molecule has 15 heteroatoms. The van der Waals surface area contributed by atoms with Crippen molar-refractivity contribution in [2.45, 2.75) is 26.3 Å². The van der Waals surface area contributed by atoms with E-state index in [1.54, 1.807) is 9.97 Å². The summed E-state index contributed by atoms with van der Waals surface area (Å²) >= 11 is 0. The van der Waals surface area contributed by atoms with Gasteiger partial charge in [0.05, 0.1) is 0 Å². The first-order valence-electron chi connectivity index (χ1n) is 9.54. The second kappa shape index (κ2) is 11.5. The predicted molar refractivity (Wildman–Crippen MR) is 116 cm³/mol. The Balaban J connectivity index is 0.000000675. The number of hydrogen-bond acceptors (Lipinski definition) is 7. The lowest BCUT2D eigenvalue weighted by molar-refractivity contribution is -0.0429. The quantitative estimate of drug-likeness (QED) is 0.389. The van der Waals surface area contributed by atoms with E-state index in [1.807, 2.05) is 0 Å². The van der Waals surface area contributed by atoms with Crippen molar-refractivity contribution in [3.05, 3.63) is 50.7 Å². The van der Waals surface area contributed by atoms with Crippen molar-refractivity contribution in [3.63, 3.8) is 0 Å². The van der Waals surface area contributed by atoms with Crippen LogP contribution in [0.15, 0.2) is 33.9 Å². The first-order valence-corrected chi connectivity index (χ1v) is 11.0. The first-order chi connectivity index (χ1) is 15.2. The van der Waals surface area contributed by atoms with Crippen LogP contribution in [0.1, 0.15) is 31.1 Å². The van der Waals surface area contributed by atoms with Crippen molar-refractivity contribution in [1.82, 2.24) is 14.9 Å². The number of benzene rings is 1. The Hall–Kier alpha value is -3.33. The van der Waals surface area contributed by atoms with Crippen molar-refractivity contribution in [1.29, 1.82) is 0 Å². The van der Waals surface area contributed by atoms with Gasteiger partial charge in [-0.1, -0.05) is 20.8 Å². The Kier molecular flexibility index (Phi) is 9.66. The monoisotopic (exact) mass is 495 g/mol. The molecule has 0 aliphatic heterocycles. The van der Waals surface area contributed by atoms with Crippen LogP contribution < -0.4 is 21.3 Å². The minimum Gasteiger partial charge on any atom is -0.494 e. The fraction of sp³-hybridized carbons (Fsp3) is 0.389. The fourth-order valence-electron chi connectivity index (χ4n) is 2.38. The van der Waals surface area contributed by atoms with E-state index < -0.39 is 49.8 Å². The number of aromatic nitrogens is 2. The Morgan fingerprint density at radius 1 is 1.00 bits per heavy atom. The summed E-state index contributed by atoms with van der Waals surface area (Å²) in [5.74, 6) is -2.10. The largest absolute Gasteiger partial charge is 0.516 e. The Labute approximate surface area is 186 Å². The summed E-state index contributed by atoms with van der Waals surface area (Å²) < 4.78 is 60.1. The smallest absolute Gasteiger partial charge is 0.494 e. The van der Waals surface area contributed by atoms with Gasteiger partial charge < -0.3 is 15.3 Å². The predicted octanol–water partition coefficient (Wildman–Crippen LogP) is 1.63. The number of aromatic amines is 2. The standard InChI is InChI=1S/C12H9F3N4O6S.C6H15N/c13-12(14,15)26(24,25)19-6-3-1-5(2-4-6)16-8(20)7-9(21)17-11(23)18-10(7)22;1-4-7(5-2)6-3/h1-4,19H,(H,16,20)(H3,17,18,21,22,23);4-6H2,1-3H3. The van der Waals surface area contributed by atoms with Crippen molar-refractivity contribution in [2.24, 2.45) is 0 Å². The molecule has 0 unspecified atom stereocenters. The molecule has 2 rings (SSSR count). The van der Waals surface area contributed by atoms with Gasteiger partial charge in [-0.2, -0.15) is 21.6 Å². The van der Waals surface area contributed by atoms with Gasteiger partial charge in [0.25, 0.3) is 11.5 Å². The average molecular weight is 495 g/mol. The second-order valence-corrected chi connectivity index (χ2v) is 8.01. The highest BCUT2D eigenvalue weighted by Gasteiger charge is 2.46. The van der Waals surface area contributed by atoms with Gasteiger partial charge in [0.1, 0.15) is 0 Å². The lowest BCUT2D eigenvalue weighted by Crippen LogP contribution is -2.30. The molecular formula is C18H24F3N5O6S. The van der Waals surface area contributed by atoms with Gasteiger partial charge in [0.2, 0.25) is 5.88 Å². The van der Waals surface area contributed by atoms with Gasteiger partial charge in [0.15, 0.2) is 5.56 Å². The molecule has 33 heavy (non-hydrogen) atoms. The third-order valence-electron chi connectivity index (χ3n) is 4.19. The number of carbonyl (C=O) groups is 1. The summed E-state index contributed by atoms with van der Waals surface area (Å²) in [6.45, 7) is 10.1. The number of halogens is 3. The van der Waals surface area contributed by atoms with Gasteiger partial charge in [-0.05, 0) is 43.9 Å². The summed E-state index contributed by atoms with van der Waals surface area (Å²) in [6, 6.07) is 3.94. The van der Waals surface area contributed by atoms with Crippen LogP contribution >= 0.6 is 0 Å². The summed E-state index contributed by atoms with van der Waals surface area (Å²) in [5.41, 5.74) is -8.96. The Morgan fingerprint density at radius 2 is 1.48 bits per heavy atom. The number of H-pyrrole nitrogens is 2. The number of aromatic hydroxyl groups is 1. The molecule has 0 aliphatic rings. The molecular weight excluding hydrogens is 471 g/mol. The SMILES string of the molecule is CCN(CC)CC.O=C(Nc1ccc(NS(=O)(=O)C(F)(F)F)cc1)c1c(O)[nH]c(=O)[nH]c1=O. The van der Waals surface area contributed by atoms with Crippen LogP contribution in [0.2, 0.25) is 0 Å². The zero-order valence-electron chi connectivity index (χ0n) is 17.9. The number of nitrogens with one attached hydrogen (secondary N) is 4. The molecule has 184 valence electrons. The Bertz CT molecular complexity index is 1150. The van der Waals surface area contributed by atoms with Crippen LogP contribution in [0.3, 0.4) is 0 Å². The third kappa shape index (κ3) is 7.94. The number of nitrogens with zero attached hydrogens (tertiary/aromatic N) is 1. The lowest BCUT2D eigenvalue weighted by Gasteiger charge is -2.13. The molecule has 0 saturated carbocycles. The molecule has 0 bridgehead atoms. The van der Waals surface area contributed by atoms with Crippen LogP contribution in [0.25, 0.3) is 0 Å². The summed E-state index contributed by atoms with van der Waals surface area (Å²) in [5, 5.41) is 11.6. The zero-order chi connectivity index (χ0) is 25.4. The fourth-order valence-corrected chi connectivity index (χ4v) is 2.95. The molecule has 0 saturated heterocycles. The molecule has 0 radical (unpaired) electrons. The number of hydrogen-bond donors (Lipinski definition) is 5. The van der Waals surface area contributed by atoms with E-state index in [0.29, 0.717) is 0 Å². The molecule has 1 aromatic heterocycles. The third-order valence-corrected chi connectivity index (χ3v) is 5.31. The highest BCUT2D eigenvalue weighted by molar-refractivity contribution is 7.93. The second-order valence-electron chi connectivity index (χ2n) is 6.33. The van der Waals surface area contributed by atoms with Crippen molar-refractivity contribution >= 4 is 27.3 Å². The number of rotatable bonds is 7. The molecule has 5 N–H and O–H groups in total. The molecule has 2 aromatic rings. The minimum absolute atomic E-state index is 0.0324. The molecule has 0 spiro atoms. The number of anilines is 2. The van der Waals surface area contributed by atoms with Gasteiger partial charge >= 0.3 is 21.2 Å². The summed E-state index contributed by atoms with van der Waals surface area (Å²) in [7, 11) is -5.59. The maximum Gasteiger partial charge on any atom is 0.516 e. The Morgan fingerprint density at radius 3 is 1.88 bits per heavy atom.